The van der Waals surface area contributed by atoms with E-state index in [0.717, 1.165) is 25.0 Å². The summed E-state index contributed by atoms with van der Waals surface area (Å²) in [7, 11) is 0. The molecular formula is C12H17NO. The van der Waals surface area contributed by atoms with Crippen molar-refractivity contribution in [2.45, 2.75) is 50.5 Å². The summed E-state index contributed by atoms with van der Waals surface area (Å²) in [5.41, 5.74) is 7.65. The number of fused-ring (bicyclic) bond motifs is 1. The van der Waals surface area contributed by atoms with E-state index in [1.807, 2.05) is 0 Å². The normalized spacial score (nSPS) is 22.4. The number of aryl methyl sites for hydroxylation is 3. The summed E-state index contributed by atoms with van der Waals surface area (Å²) in [5, 5.41) is 0. The van der Waals surface area contributed by atoms with Gasteiger partial charge < -0.3 is 10.2 Å². The van der Waals surface area contributed by atoms with Gasteiger partial charge in [-0.25, -0.2) is 0 Å². The molecular weight excluding hydrogens is 174 g/mol. The van der Waals surface area contributed by atoms with Gasteiger partial charge in [-0.3, -0.25) is 0 Å². The van der Waals surface area contributed by atoms with Crippen LogP contribution in [0.15, 0.2) is 10.5 Å². The lowest BCUT2D eigenvalue weighted by atomic mass is 10.1. The van der Waals surface area contributed by atoms with Crippen LogP contribution in [0.25, 0.3) is 0 Å². The number of hydrogen-bond donors (Lipinski definition) is 1. The topological polar surface area (TPSA) is 39.2 Å². The lowest BCUT2D eigenvalue weighted by Crippen LogP contribution is -2.21. The van der Waals surface area contributed by atoms with E-state index in [4.69, 9.17) is 10.2 Å². The minimum Gasteiger partial charge on any atom is -0.466 e. The van der Waals surface area contributed by atoms with Gasteiger partial charge in [0.2, 0.25) is 0 Å². The van der Waals surface area contributed by atoms with Crippen molar-refractivity contribution in [3.05, 3.63) is 23.2 Å². The largest absolute Gasteiger partial charge is 0.466 e. The lowest BCUT2D eigenvalue weighted by molar-refractivity contribution is 0.450. The van der Waals surface area contributed by atoms with Gasteiger partial charge in [-0.2, -0.15) is 0 Å². The quantitative estimate of drug-likeness (QED) is 0.795. The van der Waals surface area contributed by atoms with E-state index in [-0.39, 0.29) is 5.54 Å². The fraction of sp³-hybridized carbons (Fsp3) is 0.667. The van der Waals surface area contributed by atoms with Crippen LogP contribution in [0.3, 0.4) is 0 Å². The second-order valence-corrected chi connectivity index (χ2v) is 4.88. The molecule has 0 aromatic carbocycles. The van der Waals surface area contributed by atoms with Crippen LogP contribution in [-0.4, -0.2) is 5.54 Å². The monoisotopic (exact) mass is 191 g/mol. The van der Waals surface area contributed by atoms with E-state index in [1.165, 1.54) is 37.0 Å². The highest BCUT2D eigenvalue weighted by Crippen LogP contribution is 2.37. The molecule has 1 fully saturated rings. The van der Waals surface area contributed by atoms with Crippen LogP contribution in [-0.2, 0) is 19.3 Å². The Morgan fingerprint density at radius 3 is 2.93 bits per heavy atom. The molecule has 2 aliphatic carbocycles. The molecule has 2 heteroatoms. The molecule has 3 rings (SSSR count). The Bertz CT molecular complexity index is 328. The second-order valence-electron chi connectivity index (χ2n) is 4.88. The van der Waals surface area contributed by atoms with Crippen molar-refractivity contribution >= 4 is 0 Å². The van der Waals surface area contributed by atoms with Crippen molar-refractivity contribution < 1.29 is 4.42 Å². The summed E-state index contributed by atoms with van der Waals surface area (Å²) in [5.74, 6) is 2.40. The summed E-state index contributed by atoms with van der Waals surface area (Å²) in [6.07, 6.45) is 8.16. The number of nitrogens with two attached hydrogens (primary N) is 1. The molecule has 1 heterocycles. The Morgan fingerprint density at radius 1 is 1.36 bits per heavy atom. The molecule has 0 unspecified atom stereocenters. The molecule has 0 atom stereocenters. The smallest absolute Gasteiger partial charge is 0.107 e. The van der Waals surface area contributed by atoms with Crippen LogP contribution >= 0.6 is 0 Å². The van der Waals surface area contributed by atoms with Crippen LogP contribution < -0.4 is 5.73 Å². The minimum atomic E-state index is 0.164. The zero-order valence-electron chi connectivity index (χ0n) is 8.51. The molecule has 2 aliphatic rings. The Kier molecular flexibility index (Phi) is 1.75. The van der Waals surface area contributed by atoms with Gasteiger partial charge in [-0.15, -0.1) is 0 Å². The Hall–Kier alpha value is -0.760. The predicted molar refractivity (Wildman–Crippen MR) is 55.2 cm³/mol. The van der Waals surface area contributed by atoms with Gasteiger partial charge in [0.25, 0.3) is 0 Å². The summed E-state index contributed by atoms with van der Waals surface area (Å²) in [6.45, 7) is 0. The molecule has 76 valence electrons. The maximum atomic E-state index is 6.04. The van der Waals surface area contributed by atoms with Gasteiger partial charge in [0.1, 0.15) is 11.5 Å². The number of hydrogen-bond acceptors (Lipinski definition) is 2. The average molecular weight is 191 g/mol. The first-order valence-electron chi connectivity index (χ1n) is 5.65. The maximum absolute atomic E-state index is 6.04. The highest BCUT2D eigenvalue weighted by Gasteiger charge is 2.37. The molecule has 0 amide bonds. The fourth-order valence-electron chi connectivity index (χ4n) is 2.30. The Morgan fingerprint density at radius 2 is 2.21 bits per heavy atom. The molecule has 0 saturated heterocycles. The van der Waals surface area contributed by atoms with Crippen molar-refractivity contribution in [3.63, 3.8) is 0 Å². The first-order valence-corrected chi connectivity index (χ1v) is 5.65. The lowest BCUT2D eigenvalue weighted by Gasteiger charge is -2.05. The average Bonchev–Trinajstić information content (AvgIpc) is 2.61. The molecule has 14 heavy (non-hydrogen) atoms. The van der Waals surface area contributed by atoms with E-state index in [9.17, 15) is 0 Å². The molecule has 1 aromatic heterocycles. The molecule has 2 N–H and O–H groups in total. The van der Waals surface area contributed by atoms with Crippen LogP contribution in [0.2, 0.25) is 0 Å². The first kappa shape index (κ1) is 8.54. The first-order chi connectivity index (χ1) is 6.75. The van der Waals surface area contributed by atoms with Crippen LogP contribution in [0.5, 0.6) is 0 Å². The van der Waals surface area contributed by atoms with Crippen molar-refractivity contribution in [1.82, 2.24) is 0 Å². The predicted octanol–water partition coefficient (Wildman–Crippen LogP) is 2.19. The third-order valence-electron chi connectivity index (χ3n) is 3.56. The van der Waals surface area contributed by atoms with Gasteiger partial charge in [0.05, 0.1) is 0 Å². The third kappa shape index (κ3) is 1.48. The van der Waals surface area contributed by atoms with Gasteiger partial charge in [-0.1, -0.05) is 0 Å². The Balaban J connectivity index is 1.66. The second kappa shape index (κ2) is 2.86. The van der Waals surface area contributed by atoms with Gasteiger partial charge in [-0.05, 0) is 43.7 Å². The van der Waals surface area contributed by atoms with E-state index in [2.05, 4.69) is 6.07 Å². The highest BCUT2D eigenvalue weighted by molar-refractivity contribution is 5.26. The summed E-state index contributed by atoms with van der Waals surface area (Å²) in [4.78, 5) is 0. The molecule has 0 bridgehead atoms. The van der Waals surface area contributed by atoms with Gasteiger partial charge in [0, 0.05) is 18.4 Å². The summed E-state index contributed by atoms with van der Waals surface area (Å²) >= 11 is 0. The number of furan rings is 1. The molecule has 1 saturated carbocycles. The SMILES string of the molecule is NC1(CCc2cc3c(o2)CCC3)CC1. The summed E-state index contributed by atoms with van der Waals surface area (Å²) in [6, 6.07) is 2.24. The van der Waals surface area contributed by atoms with Crippen molar-refractivity contribution in [2.75, 3.05) is 0 Å². The van der Waals surface area contributed by atoms with Crippen LogP contribution in [0, 0.1) is 0 Å². The Labute approximate surface area is 84.5 Å². The number of rotatable bonds is 3. The zero-order chi connectivity index (χ0) is 9.60. The van der Waals surface area contributed by atoms with Gasteiger partial charge >= 0.3 is 0 Å². The zero-order valence-corrected chi connectivity index (χ0v) is 8.51. The van der Waals surface area contributed by atoms with Crippen molar-refractivity contribution in [3.8, 4) is 0 Å². The third-order valence-corrected chi connectivity index (χ3v) is 3.56. The van der Waals surface area contributed by atoms with E-state index >= 15 is 0 Å². The minimum absolute atomic E-state index is 0.164. The standard InChI is InChI=1S/C12H17NO/c13-12(6-7-12)5-4-10-8-9-2-1-3-11(9)14-10/h8H,1-7,13H2. The highest BCUT2D eigenvalue weighted by atomic mass is 16.3. The van der Waals surface area contributed by atoms with Crippen molar-refractivity contribution in [2.24, 2.45) is 5.73 Å². The van der Waals surface area contributed by atoms with Crippen LogP contribution in [0.4, 0.5) is 0 Å². The van der Waals surface area contributed by atoms with Crippen LogP contribution in [0.1, 0.15) is 42.8 Å². The molecule has 2 nitrogen and oxygen atoms in total. The summed E-state index contributed by atoms with van der Waals surface area (Å²) < 4.78 is 5.79. The fourth-order valence-corrected chi connectivity index (χ4v) is 2.30. The molecule has 0 radical (unpaired) electrons. The van der Waals surface area contributed by atoms with E-state index in [1.54, 1.807) is 0 Å². The molecule has 1 aromatic rings. The molecule has 0 spiro atoms. The van der Waals surface area contributed by atoms with Gasteiger partial charge in [0.15, 0.2) is 0 Å². The van der Waals surface area contributed by atoms with E-state index < -0.39 is 0 Å². The maximum Gasteiger partial charge on any atom is 0.107 e. The molecule has 0 aliphatic heterocycles. The van der Waals surface area contributed by atoms with Crippen molar-refractivity contribution in [1.29, 1.82) is 0 Å². The van der Waals surface area contributed by atoms with E-state index in [0.29, 0.717) is 0 Å².